The molecule has 1 atom stereocenters. The lowest BCUT2D eigenvalue weighted by atomic mass is 10.0. The molecule has 0 bridgehead atoms. The maximum atomic E-state index is 12.5. The van der Waals surface area contributed by atoms with E-state index in [1.807, 2.05) is 19.1 Å². The van der Waals surface area contributed by atoms with Crippen LogP contribution in [0, 0.1) is 13.8 Å². The van der Waals surface area contributed by atoms with Crippen molar-refractivity contribution in [2.75, 3.05) is 6.54 Å². The number of nitrogens with one attached hydrogen (secondary N) is 1. The third kappa shape index (κ3) is 4.35. The predicted octanol–water partition coefficient (Wildman–Crippen LogP) is 3.79. The monoisotopic (exact) mass is 337 g/mol. The molecule has 0 saturated heterocycles. The molecule has 6 heteroatoms. The van der Waals surface area contributed by atoms with Gasteiger partial charge < -0.3 is 10.4 Å². The SMILES string of the molecule is Cc1ccc(C)c(C(=O)NCC(O)c2ccc(C(F)(F)F)cc2)c1. The molecule has 0 aliphatic heterocycles. The lowest BCUT2D eigenvalue weighted by Gasteiger charge is -2.14. The van der Waals surface area contributed by atoms with Crippen LogP contribution in [0.25, 0.3) is 0 Å². The van der Waals surface area contributed by atoms with Crippen molar-refractivity contribution in [1.82, 2.24) is 5.32 Å². The molecule has 0 saturated carbocycles. The van der Waals surface area contributed by atoms with Crippen molar-refractivity contribution >= 4 is 5.91 Å². The van der Waals surface area contributed by atoms with Crippen LogP contribution < -0.4 is 5.32 Å². The van der Waals surface area contributed by atoms with Gasteiger partial charge in [-0.15, -0.1) is 0 Å². The van der Waals surface area contributed by atoms with Crippen LogP contribution in [0.2, 0.25) is 0 Å². The highest BCUT2D eigenvalue weighted by Crippen LogP contribution is 2.29. The zero-order valence-corrected chi connectivity index (χ0v) is 13.3. The summed E-state index contributed by atoms with van der Waals surface area (Å²) in [6, 6.07) is 9.69. The van der Waals surface area contributed by atoms with Crippen molar-refractivity contribution in [3.05, 3.63) is 70.3 Å². The summed E-state index contributed by atoms with van der Waals surface area (Å²) in [7, 11) is 0. The standard InChI is InChI=1S/C18H18F3NO2/c1-11-3-4-12(2)15(9-11)17(24)22-10-16(23)13-5-7-14(8-6-13)18(19,20)21/h3-9,16,23H,10H2,1-2H3,(H,22,24). The van der Waals surface area contributed by atoms with E-state index in [4.69, 9.17) is 0 Å². The second-order valence-electron chi connectivity index (χ2n) is 5.66. The number of aliphatic hydroxyl groups is 1. The van der Waals surface area contributed by atoms with Crippen LogP contribution in [0.3, 0.4) is 0 Å². The van der Waals surface area contributed by atoms with Gasteiger partial charge in [-0.25, -0.2) is 0 Å². The Balaban J connectivity index is 2.01. The first-order chi connectivity index (χ1) is 11.2. The summed E-state index contributed by atoms with van der Waals surface area (Å²) in [6.07, 6.45) is -5.50. The molecule has 24 heavy (non-hydrogen) atoms. The first-order valence-corrected chi connectivity index (χ1v) is 7.39. The number of carbonyl (C=O) groups excluding carboxylic acids is 1. The summed E-state index contributed by atoms with van der Waals surface area (Å²) in [5.74, 6) is -0.331. The Labute approximate surface area is 138 Å². The topological polar surface area (TPSA) is 49.3 Å². The molecule has 2 aromatic rings. The molecular formula is C18H18F3NO2. The largest absolute Gasteiger partial charge is 0.416 e. The minimum Gasteiger partial charge on any atom is -0.387 e. The second-order valence-corrected chi connectivity index (χ2v) is 5.66. The number of benzene rings is 2. The van der Waals surface area contributed by atoms with Crippen molar-refractivity contribution in [3.8, 4) is 0 Å². The molecule has 0 aliphatic rings. The van der Waals surface area contributed by atoms with Gasteiger partial charge in [0.1, 0.15) is 0 Å². The fourth-order valence-corrected chi connectivity index (χ4v) is 2.28. The van der Waals surface area contributed by atoms with Gasteiger partial charge in [-0.3, -0.25) is 4.79 Å². The number of alkyl halides is 3. The highest BCUT2D eigenvalue weighted by Gasteiger charge is 2.30. The van der Waals surface area contributed by atoms with Gasteiger partial charge in [0.05, 0.1) is 11.7 Å². The molecule has 128 valence electrons. The van der Waals surface area contributed by atoms with Gasteiger partial charge in [-0.2, -0.15) is 13.2 Å². The van der Waals surface area contributed by atoms with Gasteiger partial charge in [0, 0.05) is 12.1 Å². The molecule has 0 spiro atoms. The molecule has 0 aromatic heterocycles. The summed E-state index contributed by atoms with van der Waals surface area (Å²) in [5.41, 5.74) is 1.79. The summed E-state index contributed by atoms with van der Waals surface area (Å²) in [4.78, 5) is 12.2. The second kappa shape index (κ2) is 7.05. The third-order valence-electron chi connectivity index (χ3n) is 3.72. The third-order valence-corrected chi connectivity index (χ3v) is 3.72. The van der Waals surface area contributed by atoms with Crippen LogP contribution in [0.5, 0.6) is 0 Å². The number of aryl methyl sites for hydroxylation is 2. The molecule has 0 aliphatic carbocycles. The zero-order valence-electron chi connectivity index (χ0n) is 13.3. The highest BCUT2D eigenvalue weighted by atomic mass is 19.4. The molecule has 2 N–H and O–H groups in total. The molecule has 0 heterocycles. The number of hydrogen-bond donors (Lipinski definition) is 2. The summed E-state index contributed by atoms with van der Waals surface area (Å²) in [6.45, 7) is 3.59. The molecule has 2 rings (SSSR count). The Morgan fingerprint density at radius 3 is 2.33 bits per heavy atom. The van der Waals surface area contributed by atoms with Gasteiger partial charge in [0.2, 0.25) is 0 Å². The minimum atomic E-state index is -4.42. The van der Waals surface area contributed by atoms with E-state index in [0.717, 1.165) is 23.3 Å². The van der Waals surface area contributed by atoms with Crippen molar-refractivity contribution in [2.24, 2.45) is 0 Å². The number of rotatable bonds is 4. The van der Waals surface area contributed by atoms with E-state index in [-0.39, 0.29) is 12.5 Å². The molecule has 0 radical (unpaired) electrons. The summed E-state index contributed by atoms with van der Waals surface area (Å²) < 4.78 is 37.5. The smallest absolute Gasteiger partial charge is 0.387 e. The highest BCUT2D eigenvalue weighted by molar-refractivity contribution is 5.95. The van der Waals surface area contributed by atoms with Crippen LogP contribution >= 0.6 is 0 Å². The Hall–Kier alpha value is -2.34. The van der Waals surface area contributed by atoms with Crippen molar-refractivity contribution in [2.45, 2.75) is 26.1 Å². The average molecular weight is 337 g/mol. The van der Waals surface area contributed by atoms with Crippen LogP contribution in [0.1, 0.15) is 38.7 Å². The maximum Gasteiger partial charge on any atom is 0.416 e. The van der Waals surface area contributed by atoms with Crippen LogP contribution in [0.4, 0.5) is 13.2 Å². The first kappa shape index (κ1) is 18.0. The van der Waals surface area contributed by atoms with Crippen molar-refractivity contribution in [3.63, 3.8) is 0 Å². The Kier molecular flexibility index (Phi) is 5.29. The van der Waals surface area contributed by atoms with Gasteiger partial charge in [-0.05, 0) is 43.2 Å². The normalized spacial score (nSPS) is 12.8. The van der Waals surface area contributed by atoms with E-state index in [2.05, 4.69) is 5.32 Å². The van der Waals surface area contributed by atoms with E-state index in [0.29, 0.717) is 11.1 Å². The Morgan fingerprint density at radius 1 is 1.12 bits per heavy atom. The molecule has 1 unspecified atom stereocenters. The zero-order chi connectivity index (χ0) is 17.9. The van der Waals surface area contributed by atoms with Gasteiger partial charge in [0.15, 0.2) is 0 Å². The number of hydrogen-bond acceptors (Lipinski definition) is 2. The van der Waals surface area contributed by atoms with E-state index in [9.17, 15) is 23.1 Å². The molecule has 0 fully saturated rings. The molecular weight excluding hydrogens is 319 g/mol. The van der Waals surface area contributed by atoms with E-state index < -0.39 is 17.8 Å². The Morgan fingerprint density at radius 2 is 1.75 bits per heavy atom. The van der Waals surface area contributed by atoms with Crippen LogP contribution in [-0.4, -0.2) is 17.6 Å². The lowest BCUT2D eigenvalue weighted by molar-refractivity contribution is -0.137. The summed E-state index contributed by atoms with van der Waals surface area (Å²) >= 11 is 0. The molecule has 1 amide bonds. The maximum absolute atomic E-state index is 12.5. The minimum absolute atomic E-state index is 0.0857. The van der Waals surface area contributed by atoms with Gasteiger partial charge in [0.25, 0.3) is 5.91 Å². The fourth-order valence-electron chi connectivity index (χ4n) is 2.28. The van der Waals surface area contributed by atoms with Crippen molar-refractivity contribution in [1.29, 1.82) is 0 Å². The number of aliphatic hydroxyl groups excluding tert-OH is 1. The Bertz CT molecular complexity index is 724. The summed E-state index contributed by atoms with van der Waals surface area (Å²) in [5, 5.41) is 12.6. The predicted molar refractivity (Wildman–Crippen MR) is 84.7 cm³/mol. The van der Waals surface area contributed by atoms with Gasteiger partial charge in [-0.1, -0.05) is 29.8 Å². The van der Waals surface area contributed by atoms with E-state index in [1.165, 1.54) is 12.1 Å². The van der Waals surface area contributed by atoms with E-state index in [1.54, 1.807) is 13.0 Å². The number of amides is 1. The van der Waals surface area contributed by atoms with E-state index >= 15 is 0 Å². The van der Waals surface area contributed by atoms with Crippen LogP contribution in [0.15, 0.2) is 42.5 Å². The number of halogens is 3. The molecule has 3 nitrogen and oxygen atoms in total. The fraction of sp³-hybridized carbons (Fsp3) is 0.278. The first-order valence-electron chi connectivity index (χ1n) is 7.39. The number of carbonyl (C=O) groups is 1. The quantitative estimate of drug-likeness (QED) is 0.892. The lowest BCUT2D eigenvalue weighted by Crippen LogP contribution is -2.29. The van der Waals surface area contributed by atoms with Gasteiger partial charge >= 0.3 is 6.18 Å². The van der Waals surface area contributed by atoms with Crippen LogP contribution in [-0.2, 0) is 6.18 Å². The molecule has 2 aromatic carbocycles. The average Bonchev–Trinajstić information content (AvgIpc) is 2.53. The van der Waals surface area contributed by atoms with Crippen molar-refractivity contribution < 1.29 is 23.1 Å².